The lowest BCUT2D eigenvalue weighted by molar-refractivity contribution is -0.253. The largest absolute Gasteiger partial charge is 0.461 e. The van der Waals surface area contributed by atoms with Gasteiger partial charge < -0.3 is 10.1 Å². The zero-order valence-electron chi connectivity index (χ0n) is 23.2. The van der Waals surface area contributed by atoms with Crippen LogP contribution in [-0.2, 0) is 6.18 Å². The summed E-state index contributed by atoms with van der Waals surface area (Å²) in [6.45, 7) is 2.07. The van der Waals surface area contributed by atoms with Gasteiger partial charge in [-0.1, -0.05) is 45.2 Å². The average Bonchev–Trinajstić information content (AvgIpc) is 2.96. The van der Waals surface area contributed by atoms with Gasteiger partial charge in [0.05, 0.1) is 22.3 Å². The van der Waals surface area contributed by atoms with Crippen molar-refractivity contribution < 1.29 is 49.0 Å². The first-order chi connectivity index (χ1) is 21.5. The molecular weight excluding hydrogens is 719 g/mol. The van der Waals surface area contributed by atoms with Crippen molar-refractivity contribution in [1.29, 1.82) is 0 Å². The number of hydrogen-bond acceptors (Lipinski definition) is 3. The van der Waals surface area contributed by atoms with Crippen molar-refractivity contribution in [2.75, 3.05) is 0 Å². The molecule has 1 atom stereocenters. The van der Waals surface area contributed by atoms with Crippen LogP contribution in [-0.4, -0.2) is 23.4 Å². The quantitative estimate of drug-likeness (QED) is 0.152. The molecule has 3 aromatic carbocycles. The molecule has 4 rings (SSSR count). The van der Waals surface area contributed by atoms with E-state index in [-0.39, 0.29) is 22.3 Å². The summed E-state index contributed by atoms with van der Waals surface area (Å²) in [5, 5.41) is 2.35. The summed E-state index contributed by atoms with van der Waals surface area (Å²) in [5.74, 6) is -5.12. The van der Waals surface area contributed by atoms with Crippen LogP contribution in [0.2, 0.25) is 5.02 Å². The second kappa shape index (κ2) is 16.4. The molecule has 1 aromatic heterocycles. The van der Waals surface area contributed by atoms with E-state index in [0.717, 1.165) is 22.8 Å². The maximum Gasteiger partial charge on any atom is 0.461 e. The van der Waals surface area contributed by atoms with Crippen LogP contribution in [0.4, 0.5) is 39.5 Å². The first-order valence-electron chi connectivity index (χ1n) is 12.5. The van der Waals surface area contributed by atoms with E-state index in [2.05, 4.69) is 62.9 Å². The first kappa shape index (κ1) is 38.0. The predicted molar refractivity (Wildman–Crippen MR) is 157 cm³/mol. The van der Waals surface area contributed by atoms with Gasteiger partial charge in [0.2, 0.25) is 0 Å². The van der Waals surface area contributed by atoms with Gasteiger partial charge >= 0.3 is 18.7 Å². The van der Waals surface area contributed by atoms with E-state index in [1.807, 2.05) is 12.1 Å². The zero-order chi connectivity index (χ0) is 34.8. The van der Waals surface area contributed by atoms with Gasteiger partial charge in [-0.2, -0.15) is 30.7 Å². The van der Waals surface area contributed by atoms with Gasteiger partial charge in [0, 0.05) is 22.3 Å². The van der Waals surface area contributed by atoms with E-state index in [1.165, 1.54) is 17.7 Å². The normalized spacial score (nSPS) is 11.8. The molecule has 15 heteroatoms. The van der Waals surface area contributed by atoms with Crippen molar-refractivity contribution in [2.45, 2.75) is 31.7 Å². The van der Waals surface area contributed by atoms with Crippen molar-refractivity contribution in [3.8, 4) is 18.6 Å². The van der Waals surface area contributed by atoms with Crippen LogP contribution >= 0.6 is 27.5 Å². The van der Waals surface area contributed by atoms with E-state index in [4.69, 9.17) is 11.6 Å². The monoisotopic (exact) mass is 738 g/mol. The molecule has 0 aliphatic carbocycles. The number of aryl methyl sites for hydroxylation is 1. The number of alkyl halides is 7. The number of pyridine rings is 1. The second-order valence-corrected chi connectivity index (χ2v) is 10.3. The Hall–Kier alpha value is -4.22. The molecular formula is C31H21BrClF9N2O2. The maximum absolute atomic E-state index is 14.2. The molecule has 0 spiro atoms. The highest BCUT2D eigenvalue weighted by molar-refractivity contribution is 9.10. The Balaban J connectivity index is 0.000000632. The van der Waals surface area contributed by atoms with E-state index >= 15 is 0 Å². The van der Waals surface area contributed by atoms with Crippen LogP contribution in [0.1, 0.15) is 38.8 Å². The highest BCUT2D eigenvalue weighted by atomic mass is 79.9. The molecule has 4 aromatic rings. The van der Waals surface area contributed by atoms with E-state index in [1.54, 1.807) is 0 Å². The number of amides is 1. The van der Waals surface area contributed by atoms with Gasteiger partial charge in [0.25, 0.3) is 5.91 Å². The van der Waals surface area contributed by atoms with Crippen LogP contribution in [0.5, 0.6) is 5.75 Å². The highest BCUT2D eigenvalue weighted by Gasteiger charge is 2.44. The number of ether oxygens (including phenoxy) is 1. The zero-order valence-corrected chi connectivity index (χ0v) is 25.6. The lowest BCUT2D eigenvalue weighted by Gasteiger charge is -2.22. The summed E-state index contributed by atoms with van der Waals surface area (Å²) in [5.41, 5.74) is -1.54. The van der Waals surface area contributed by atoms with Crippen LogP contribution in [0, 0.1) is 31.4 Å². The number of terminal acetylenes is 1. The van der Waals surface area contributed by atoms with Crippen molar-refractivity contribution in [2.24, 2.45) is 0 Å². The number of halogens is 11. The number of carbonyl (C=O) groups is 1. The van der Waals surface area contributed by atoms with Crippen LogP contribution in [0.3, 0.4) is 0 Å². The molecule has 0 saturated heterocycles. The Bertz CT molecular complexity index is 1630. The molecule has 46 heavy (non-hydrogen) atoms. The Morgan fingerprint density at radius 1 is 0.957 bits per heavy atom. The summed E-state index contributed by atoms with van der Waals surface area (Å²) >= 11 is 9.13. The minimum atomic E-state index is -5.12. The van der Waals surface area contributed by atoms with Gasteiger partial charge in [-0.05, 0) is 67.1 Å². The minimum Gasteiger partial charge on any atom is -0.428 e. The number of nitrogens with zero attached hydrogens (tertiary/aromatic N) is 1. The summed E-state index contributed by atoms with van der Waals surface area (Å²) in [6, 6.07) is 12.4. The molecule has 1 heterocycles. The van der Waals surface area contributed by atoms with Gasteiger partial charge in [-0.25, -0.2) is 8.78 Å². The van der Waals surface area contributed by atoms with E-state index in [0.29, 0.717) is 18.2 Å². The third-order valence-corrected chi connectivity index (χ3v) is 6.29. The molecule has 0 aliphatic heterocycles. The molecule has 0 unspecified atom stereocenters. The number of nitrogens with one attached hydrogen (secondary N) is 1. The molecule has 0 bridgehead atoms. The van der Waals surface area contributed by atoms with Crippen molar-refractivity contribution in [3.05, 3.63) is 128 Å². The standard InChI is InChI=1S/C22H12ClF9N2O2.C7H7Br.C2H2/c23-12-2-4-17(33-9-12)18(11-5-13(24)8-14(6-11)36-22(31,32)20(26)27)34-19(35)10-1-3-16(25)15(7-10)21(28,29)30;1-6-3-2-4-7(8)5-6;1-2/h1-9,18,20H,(H,34,35);2-5H,1H3;1-2H/t18-;;/m0../s1. The van der Waals surface area contributed by atoms with Gasteiger partial charge in [0.15, 0.2) is 0 Å². The lowest BCUT2D eigenvalue weighted by Crippen LogP contribution is -2.34. The summed E-state index contributed by atoms with van der Waals surface area (Å²) in [6.07, 6.45) is -5.26. The predicted octanol–water partition coefficient (Wildman–Crippen LogP) is 9.80. The van der Waals surface area contributed by atoms with Gasteiger partial charge in [-0.3, -0.25) is 9.78 Å². The van der Waals surface area contributed by atoms with Crippen LogP contribution in [0.25, 0.3) is 0 Å². The number of aromatic nitrogens is 1. The number of benzene rings is 3. The van der Waals surface area contributed by atoms with Crippen molar-refractivity contribution in [1.82, 2.24) is 10.3 Å². The third-order valence-electron chi connectivity index (χ3n) is 5.57. The number of carbonyl (C=O) groups excluding carboxylic acids is 1. The number of hydrogen-bond donors (Lipinski definition) is 1. The fraction of sp³-hybridized carbons (Fsp3) is 0.161. The SMILES string of the molecule is C#C.Cc1cccc(Br)c1.O=C(N[C@@H](c1cc(F)cc(OC(F)(F)C(F)F)c1)c1ccc(Cl)cn1)c1ccc(F)c(C(F)(F)F)c1. The molecule has 4 nitrogen and oxygen atoms in total. The first-order valence-corrected chi connectivity index (χ1v) is 13.6. The van der Waals surface area contributed by atoms with Crippen molar-refractivity contribution >= 4 is 33.4 Å². The molecule has 0 fully saturated rings. The maximum atomic E-state index is 14.2. The molecule has 1 N–H and O–H groups in total. The third kappa shape index (κ3) is 11.0. The Morgan fingerprint density at radius 3 is 2.15 bits per heavy atom. The smallest absolute Gasteiger partial charge is 0.428 e. The topological polar surface area (TPSA) is 51.2 Å². The Morgan fingerprint density at radius 2 is 1.63 bits per heavy atom. The van der Waals surface area contributed by atoms with Crippen LogP contribution < -0.4 is 10.1 Å². The second-order valence-electron chi connectivity index (χ2n) is 8.98. The molecule has 244 valence electrons. The minimum absolute atomic E-state index is 0.0944. The average molecular weight is 740 g/mol. The van der Waals surface area contributed by atoms with Gasteiger partial charge in [0.1, 0.15) is 17.4 Å². The summed E-state index contributed by atoms with van der Waals surface area (Å²) in [4.78, 5) is 16.7. The lowest BCUT2D eigenvalue weighted by atomic mass is 10.0. The molecule has 0 aliphatic rings. The molecule has 0 saturated carbocycles. The molecule has 1 amide bonds. The summed E-state index contributed by atoms with van der Waals surface area (Å²) in [7, 11) is 0. The summed E-state index contributed by atoms with van der Waals surface area (Å²) < 4.78 is 124. The fourth-order valence-electron chi connectivity index (χ4n) is 3.60. The van der Waals surface area contributed by atoms with Crippen molar-refractivity contribution in [3.63, 3.8) is 0 Å². The van der Waals surface area contributed by atoms with Gasteiger partial charge in [-0.15, -0.1) is 12.8 Å². The Labute approximate surface area is 270 Å². The van der Waals surface area contributed by atoms with E-state index < -0.39 is 59.2 Å². The Kier molecular flexibility index (Phi) is 13.5. The molecule has 0 radical (unpaired) electrons. The van der Waals surface area contributed by atoms with Crippen LogP contribution in [0.15, 0.2) is 83.5 Å². The van der Waals surface area contributed by atoms with E-state index in [9.17, 15) is 44.3 Å². The number of rotatable bonds is 7. The fourth-order valence-corrected chi connectivity index (χ4v) is 4.23. The highest BCUT2D eigenvalue weighted by Crippen LogP contribution is 2.34.